The summed E-state index contributed by atoms with van der Waals surface area (Å²) in [5.74, 6) is -2.40. The van der Waals surface area contributed by atoms with Crippen LogP contribution in [0, 0.1) is 23.7 Å². The van der Waals surface area contributed by atoms with Crippen LogP contribution < -0.4 is 37.7 Å². The number of hydrogen-bond acceptors (Lipinski definition) is 2. The molecule has 4 nitrogen and oxygen atoms in total. The fourth-order valence-electron chi connectivity index (χ4n) is 2.71. The van der Waals surface area contributed by atoms with Gasteiger partial charge < -0.3 is 13.1 Å². The van der Waals surface area contributed by atoms with Crippen LogP contribution >= 0.6 is 0 Å². The summed E-state index contributed by atoms with van der Waals surface area (Å²) in [5.41, 5.74) is 0. The minimum absolute atomic E-state index is 0. The van der Waals surface area contributed by atoms with E-state index < -0.39 is 23.8 Å². The summed E-state index contributed by atoms with van der Waals surface area (Å²) in [5, 5.41) is 18.0. The van der Waals surface area contributed by atoms with Crippen LogP contribution in [0.2, 0.25) is 0 Å². The molecule has 0 spiro atoms. The molecule has 1 aliphatic rings. The van der Waals surface area contributed by atoms with Crippen molar-refractivity contribution < 1.29 is 60.4 Å². The molecule has 1 aliphatic carbocycles. The average molecular weight is 244 g/mol. The Bertz CT molecular complexity index is 291. The molecular formula is C12H22Li2O4. The molecule has 3 atom stereocenters. The SMILES string of the molecule is CC(C)CC1CCC(C(=O)O)C(C(=O)O)C1.[H-].[H-].[Li+].[Li+]. The molecule has 2 N–H and O–H groups in total. The van der Waals surface area contributed by atoms with E-state index in [4.69, 9.17) is 10.2 Å². The molecule has 0 aromatic carbocycles. The van der Waals surface area contributed by atoms with Gasteiger partial charge in [0.05, 0.1) is 11.8 Å². The first-order valence-corrected chi connectivity index (χ1v) is 5.87. The molecule has 3 unspecified atom stereocenters. The Morgan fingerprint density at radius 2 is 1.61 bits per heavy atom. The zero-order valence-corrected chi connectivity index (χ0v) is 11.8. The number of aliphatic carboxylic acids is 2. The fraction of sp³-hybridized carbons (Fsp3) is 0.833. The summed E-state index contributed by atoms with van der Waals surface area (Å²) in [7, 11) is 0. The second kappa shape index (κ2) is 9.10. The van der Waals surface area contributed by atoms with E-state index >= 15 is 0 Å². The van der Waals surface area contributed by atoms with E-state index in [0.717, 1.165) is 12.8 Å². The molecule has 0 aliphatic heterocycles. The zero-order valence-electron chi connectivity index (χ0n) is 13.8. The monoisotopic (exact) mass is 244 g/mol. The minimum Gasteiger partial charge on any atom is -1.00 e. The van der Waals surface area contributed by atoms with Crippen molar-refractivity contribution >= 4 is 11.9 Å². The van der Waals surface area contributed by atoms with Gasteiger partial charge in [-0.1, -0.05) is 13.8 Å². The van der Waals surface area contributed by atoms with Crippen LogP contribution in [-0.2, 0) is 9.59 Å². The van der Waals surface area contributed by atoms with E-state index in [1.165, 1.54) is 0 Å². The van der Waals surface area contributed by atoms with E-state index in [9.17, 15) is 9.59 Å². The minimum atomic E-state index is -0.963. The molecule has 0 amide bonds. The number of carboxylic acid groups (broad SMARTS) is 2. The second-order valence-electron chi connectivity index (χ2n) is 5.20. The Morgan fingerprint density at radius 3 is 2.00 bits per heavy atom. The van der Waals surface area contributed by atoms with Crippen molar-refractivity contribution in [1.82, 2.24) is 0 Å². The van der Waals surface area contributed by atoms with Crippen LogP contribution in [0.25, 0.3) is 0 Å². The van der Waals surface area contributed by atoms with Crippen molar-refractivity contribution in [2.24, 2.45) is 23.7 Å². The Morgan fingerprint density at radius 1 is 1.11 bits per heavy atom. The number of carbonyl (C=O) groups is 2. The number of carboxylic acids is 2. The van der Waals surface area contributed by atoms with Gasteiger partial charge in [0.1, 0.15) is 0 Å². The zero-order chi connectivity index (χ0) is 12.3. The van der Waals surface area contributed by atoms with Crippen molar-refractivity contribution in [3.8, 4) is 0 Å². The van der Waals surface area contributed by atoms with Gasteiger partial charge in [0.25, 0.3) is 0 Å². The van der Waals surface area contributed by atoms with Gasteiger partial charge in [-0.3, -0.25) is 9.59 Å². The Hall–Kier alpha value is 0.135. The normalized spacial score (nSPS) is 26.9. The first-order chi connectivity index (χ1) is 7.41. The summed E-state index contributed by atoms with van der Waals surface area (Å²) < 4.78 is 0. The van der Waals surface area contributed by atoms with Crippen molar-refractivity contribution in [2.75, 3.05) is 0 Å². The Balaban J connectivity index is -0.000000320. The molecular weight excluding hydrogens is 222 g/mol. The first kappa shape index (κ1) is 20.5. The maximum Gasteiger partial charge on any atom is 1.00 e. The molecule has 1 saturated carbocycles. The summed E-state index contributed by atoms with van der Waals surface area (Å²) in [6.45, 7) is 4.22. The molecule has 0 heterocycles. The third kappa shape index (κ3) is 5.85. The smallest absolute Gasteiger partial charge is 1.00 e. The topological polar surface area (TPSA) is 74.6 Å². The summed E-state index contributed by atoms with van der Waals surface area (Å²) >= 11 is 0. The summed E-state index contributed by atoms with van der Waals surface area (Å²) in [6, 6.07) is 0. The molecule has 96 valence electrons. The summed E-state index contributed by atoms with van der Waals surface area (Å²) in [6.07, 6.45) is 2.86. The van der Waals surface area contributed by atoms with Crippen LogP contribution in [0.3, 0.4) is 0 Å². The van der Waals surface area contributed by atoms with Gasteiger partial charge in [-0.05, 0) is 37.5 Å². The van der Waals surface area contributed by atoms with Crippen molar-refractivity contribution in [1.29, 1.82) is 0 Å². The molecule has 1 rings (SSSR count). The van der Waals surface area contributed by atoms with Crippen LogP contribution in [0.4, 0.5) is 0 Å². The second-order valence-corrected chi connectivity index (χ2v) is 5.20. The molecule has 1 fully saturated rings. The summed E-state index contributed by atoms with van der Waals surface area (Å²) in [4.78, 5) is 22.0. The predicted molar refractivity (Wildman–Crippen MR) is 61.3 cm³/mol. The van der Waals surface area contributed by atoms with E-state index in [1.54, 1.807) is 0 Å². The largest absolute Gasteiger partial charge is 1.00 e. The molecule has 0 bridgehead atoms. The van der Waals surface area contributed by atoms with Gasteiger partial charge in [-0.15, -0.1) is 0 Å². The first-order valence-electron chi connectivity index (χ1n) is 5.87. The third-order valence-corrected chi connectivity index (χ3v) is 3.40. The predicted octanol–water partition coefficient (Wildman–Crippen LogP) is -3.53. The fourth-order valence-corrected chi connectivity index (χ4v) is 2.71. The maximum absolute atomic E-state index is 11.0. The molecule has 18 heavy (non-hydrogen) atoms. The number of rotatable bonds is 4. The molecule has 0 aromatic heterocycles. The molecule has 0 aromatic rings. The number of hydrogen-bond donors (Lipinski definition) is 2. The van der Waals surface area contributed by atoms with Crippen LogP contribution in [-0.4, -0.2) is 22.2 Å². The van der Waals surface area contributed by atoms with Crippen molar-refractivity contribution in [3.05, 3.63) is 0 Å². The quantitative estimate of drug-likeness (QED) is 0.502. The third-order valence-electron chi connectivity index (χ3n) is 3.40. The van der Waals surface area contributed by atoms with E-state index in [1.807, 2.05) is 0 Å². The van der Waals surface area contributed by atoms with E-state index in [0.29, 0.717) is 24.7 Å². The van der Waals surface area contributed by atoms with Crippen molar-refractivity contribution in [2.45, 2.75) is 39.5 Å². The van der Waals surface area contributed by atoms with Gasteiger partial charge in [0.2, 0.25) is 0 Å². The van der Waals surface area contributed by atoms with E-state index in [-0.39, 0.29) is 40.6 Å². The van der Waals surface area contributed by atoms with Gasteiger partial charge in [-0.2, -0.15) is 0 Å². The molecule has 6 heteroatoms. The van der Waals surface area contributed by atoms with Gasteiger partial charge in [0.15, 0.2) is 0 Å². The van der Waals surface area contributed by atoms with Crippen LogP contribution in [0.1, 0.15) is 42.4 Å². The maximum atomic E-state index is 11.0. The van der Waals surface area contributed by atoms with Crippen LogP contribution in [0.5, 0.6) is 0 Å². The average Bonchev–Trinajstić information content (AvgIpc) is 2.16. The van der Waals surface area contributed by atoms with Gasteiger partial charge in [0, 0.05) is 0 Å². The Kier molecular flexibility index (Phi) is 10.3. The van der Waals surface area contributed by atoms with Gasteiger partial charge in [-0.25, -0.2) is 0 Å². The van der Waals surface area contributed by atoms with Crippen LogP contribution in [0.15, 0.2) is 0 Å². The molecule has 0 saturated heterocycles. The van der Waals surface area contributed by atoms with Gasteiger partial charge >= 0.3 is 49.7 Å². The van der Waals surface area contributed by atoms with E-state index in [2.05, 4.69) is 13.8 Å². The standard InChI is InChI=1S/C12H20O4.2Li.2H/c1-7(2)5-8-3-4-9(11(13)14)10(6-8)12(15)16;;;;/h7-10H,3-6H2,1-2H3,(H,13,14)(H,15,16);;;;/q;2*+1;2*-1. The van der Waals surface area contributed by atoms with Crippen molar-refractivity contribution in [3.63, 3.8) is 0 Å². The molecule has 0 radical (unpaired) electrons. The Labute approximate surface area is 135 Å².